The highest BCUT2D eigenvalue weighted by atomic mass is 16.3. The Balaban J connectivity index is 2.03. The van der Waals surface area contributed by atoms with Crippen molar-refractivity contribution in [2.24, 2.45) is 11.8 Å². The Hall–Kier alpha value is -1.65. The smallest absolute Gasteiger partial charge is 0.226 e. The van der Waals surface area contributed by atoms with Crippen molar-refractivity contribution in [3.63, 3.8) is 0 Å². The summed E-state index contributed by atoms with van der Waals surface area (Å²) in [6.07, 6.45) is 2.67. The highest BCUT2D eigenvalue weighted by molar-refractivity contribution is 5.98. The second kappa shape index (κ2) is 5.55. The predicted octanol–water partition coefficient (Wildman–Crippen LogP) is 1.63. The monoisotopic (exact) mass is 265 g/mol. The molecule has 0 bridgehead atoms. The molecule has 0 aromatic carbocycles. The van der Waals surface area contributed by atoms with E-state index in [2.05, 4.69) is 5.32 Å². The zero-order chi connectivity index (χ0) is 14.0. The maximum atomic E-state index is 11.9. The molecule has 104 valence electrons. The van der Waals surface area contributed by atoms with Crippen molar-refractivity contribution >= 4 is 17.6 Å². The SMILES string of the molecule is C[C@H]1CCC(=C(O)CC2CC(=O)NC(=O)C2)C(=O)C1. The number of aliphatic hydroxyl groups excluding tert-OH is 1. The summed E-state index contributed by atoms with van der Waals surface area (Å²) in [4.78, 5) is 34.4. The molecule has 2 N–H and O–H groups in total. The molecule has 1 saturated carbocycles. The lowest BCUT2D eigenvalue weighted by molar-refractivity contribution is -0.134. The topological polar surface area (TPSA) is 83.5 Å². The summed E-state index contributed by atoms with van der Waals surface area (Å²) in [6.45, 7) is 2.02. The summed E-state index contributed by atoms with van der Waals surface area (Å²) >= 11 is 0. The van der Waals surface area contributed by atoms with Gasteiger partial charge in [-0.25, -0.2) is 0 Å². The van der Waals surface area contributed by atoms with Crippen molar-refractivity contribution in [2.75, 3.05) is 0 Å². The number of carbonyl (C=O) groups excluding carboxylic acids is 3. The van der Waals surface area contributed by atoms with Crippen LogP contribution in [0.1, 0.15) is 45.4 Å². The van der Waals surface area contributed by atoms with Crippen molar-refractivity contribution in [1.29, 1.82) is 0 Å². The molecule has 1 atom stereocenters. The third kappa shape index (κ3) is 3.43. The Morgan fingerprint density at radius 3 is 2.42 bits per heavy atom. The number of imide groups is 1. The number of rotatable bonds is 2. The molecule has 2 fully saturated rings. The van der Waals surface area contributed by atoms with Gasteiger partial charge in [0.1, 0.15) is 0 Å². The fraction of sp³-hybridized carbons (Fsp3) is 0.643. The zero-order valence-electron chi connectivity index (χ0n) is 11.1. The van der Waals surface area contributed by atoms with Crippen LogP contribution in [0.2, 0.25) is 0 Å². The Bertz CT molecular complexity index is 436. The van der Waals surface area contributed by atoms with Gasteiger partial charge in [-0.05, 0) is 24.7 Å². The lowest BCUT2D eigenvalue weighted by atomic mass is 9.83. The molecule has 1 saturated heterocycles. The van der Waals surface area contributed by atoms with Gasteiger partial charge in [-0.15, -0.1) is 0 Å². The van der Waals surface area contributed by atoms with E-state index in [0.717, 1.165) is 6.42 Å². The van der Waals surface area contributed by atoms with Crippen molar-refractivity contribution in [1.82, 2.24) is 5.32 Å². The van der Waals surface area contributed by atoms with Gasteiger partial charge in [-0.1, -0.05) is 6.92 Å². The number of hydrogen-bond donors (Lipinski definition) is 2. The molecule has 2 rings (SSSR count). The number of Topliss-reactive ketones (excluding diaryl/α,β-unsaturated/α-hetero) is 1. The second-order valence-corrected chi connectivity index (χ2v) is 5.65. The van der Waals surface area contributed by atoms with Crippen molar-refractivity contribution in [3.05, 3.63) is 11.3 Å². The van der Waals surface area contributed by atoms with E-state index in [9.17, 15) is 19.5 Å². The Morgan fingerprint density at radius 2 is 1.84 bits per heavy atom. The molecule has 2 aliphatic rings. The van der Waals surface area contributed by atoms with Crippen molar-refractivity contribution in [2.45, 2.75) is 45.4 Å². The van der Waals surface area contributed by atoms with Crippen LogP contribution in [-0.2, 0) is 14.4 Å². The van der Waals surface area contributed by atoms with E-state index >= 15 is 0 Å². The van der Waals surface area contributed by atoms with E-state index in [-0.39, 0.29) is 48.5 Å². The lowest BCUT2D eigenvalue weighted by Crippen LogP contribution is -2.38. The molecular weight excluding hydrogens is 246 g/mol. The Kier molecular flexibility index (Phi) is 4.02. The number of aliphatic hydroxyl groups is 1. The summed E-state index contributed by atoms with van der Waals surface area (Å²) in [5.74, 6) is -0.357. The summed E-state index contributed by atoms with van der Waals surface area (Å²) in [5, 5.41) is 12.3. The number of amides is 2. The van der Waals surface area contributed by atoms with Crippen LogP contribution in [0.15, 0.2) is 11.3 Å². The van der Waals surface area contributed by atoms with Crippen LogP contribution in [0.4, 0.5) is 0 Å². The number of carbonyl (C=O) groups is 3. The molecule has 0 aromatic rings. The van der Waals surface area contributed by atoms with E-state index < -0.39 is 0 Å². The first-order valence-corrected chi connectivity index (χ1v) is 6.72. The number of allylic oxidation sites excluding steroid dienone is 2. The van der Waals surface area contributed by atoms with Gasteiger partial charge in [-0.2, -0.15) is 0 Å². The van der Waals surface area contributed by atoms with Crippen molar-refractivity contribution in [3.8, 4) is 0 Å². The van der Waals surface area contributed by atoms with Gasteiger partial charge in [0.15, 0.2) is 5.78 Å². The highest BCUT2D eigenvalue weighted by Crippen LogP contribution is 2.30. The third-order valence-corrected chi connectivity index (χ3v) is 3.81. The van der Waals surface area contributed by atoms with E-state index in [1.54, 1.807) is 0 Å². The average Bonchev–Trinajstić information content (AvgIpc) is 2.26. The van der Waals surface area contributed by atoms with E-state index in [1.807, 2.05) is 6.92 Å². The first kappa shape index (κ1) is 13.8. The van der Waals surface area contributed by atoms with E-state index in [4.69, 9.17) is 0 Å². The van der Waals surface area contributed by atoms with Crippen LogP contribution in [0, 0.1) is 11.8 Å². The summed E-state index contributed by atoms with van der Waals surface area (Å²) in [5.41, 5.74) is 0.497. The maximum absolute atomic E-state index is 11.9. The largest absolute Gasteiger partial charge is 0.512 e. The summed E-state index contributed by atoms with van der Waals surface area (Å²) < 4.78 is 0. The van der Waals surface area contributed by atoms with Gasteiger partial charge in [0.25, 0.3) is 0 Å². The van der Waals surface area contributed by atoms with Gasteiger partial charge in [0, 0.05) is 31.3 Å². The molecule has 0 radical (unpaired) electrons. The Labute approximate surface area is 112 Å². The molecule has 0 unspecified atom stereocenters. The van der Waals surface area contributed by atoms with Gasteiger partial charge in [0.05, 0.1) is 5.76 Å². The molecule has 19 heavy (non-hydrogen) atoms. The van der Waals surface area contributed by atoms with E-state index in [1.165, 1.54) is 0 Å². The number of ketones is 1. The van der Waals surface area contributed by atoms with Crippen LogP contribution in [0.25, 0.3) is 0 Å². The van der Waals surface area contributed by atoms with Gasteiger partial charge >= 0.3 is 0 Å². The quantitative estimate of drug-likeness (QED) is 0.451. The molecular formula is C14H19NO4. The molecule has 2 amide bonds. The zero-order valence-corrected chi connectivity index (χ0v) is 11.1. The first-order valence-electron chi connectivity index (χ1n) is 6.72. The second-order valence-electron chi connectivity index (χ2n) is 5.65. The fourth-order valence-corrected chi connectivity index (χ4v) is 2.77. The summed E-state index contributed by atoms with van der Waals surface area (Å²) in [7, 11) is 0. The molecule has 1 aliphatic carbocycles. The number of hydrogen-bond acceptors (Lipinski definition) is 4. The van der Waals surface area contributed by atoms with Crippen molar-refractivity contribution < 1.29 is 19.5 Å². The maximum Gasteiger partial charge on any atom is 0.226 e. The molecule has 5 heteroatoms. The van der Waals surface area contributed by atoms with Crippen LogP contribution in [0.3, 0.4) is 0 Å². The minimum absolute atomic E-state index is 0.00263. The van der Waals surface area contributed by atoms with Crippen LogP contribution >= 0.6 is 0 Å². The molecule has 0 spiro atoms. The van der Waals surface area contributed by atoms with Crippen LogP contribution in [-0.4, -0.2) is 22.7 Å². The molecule has 1 aliphatic heterocycles. The van der Waals surface area contributed by atoms with Gasteiger partial charge < -0.3 is 5.11 Å². The van der Waals surface area contributed by atoms with Gasteiger partial charge in [-0.3, -0.25) is 19.7 Å². The van der Waals surface area contributed by atoms with Crippen LogP contribution in [0.5, 0.6) is 0 Å². The minimum atomic E-state index is -0.303. The minimum Gasteiger partial charge on any atom is -0.512 e. The number of nitrogens with one attached hydrogen (secondary N) is 1. The average molecular weight is 265 g/mol. The standard InChI is InChI=1S/C14H19NO4/c1-8-2-3-10(11(16)4-8)12(17)5-9-6-13(18)15-14(19)7-9/h8-9,17H,2-7H2,1H3,(H,15,18,19)/t8-/m0/s1. The predicted molar refractivity (Wildman–Crippen MR) is 68.2 cm³/mol. The normalized spacial score (nSPS) is 28.3. The molecule has 5 nitrogen and oxygen atoms in total. The van der Waals surface area contributed by atoms with Gasteiger partial charge in [0.2, 0.25) is 11.8 Å². The summed E-state index contributed by atoms with van der Waals surface area (Å²) in [6, 6.07) is 0. The number of piperidine rings is 1. The highest BCUT2D eigenvalue weighted by Gasteiger charge is 2.29. The Morgan fingerprint density at radius 1 is 1.21 bits per heavy atom. The van der Waals surface area contributed by atoms with E-state index in [0.29, 0.717) is 24.3 Å². The molecule has 1 heterocycles. The fourth-order valence-electron chi connectivity index (χ4n) is 2.77. The first-order chi connectivity index (χ1) is 8.95. The third-order valence-electron chi connectivity index (χ3n) is 3.81. The molecule has 0 aromatic heterocycles. The lowest BCUT2D eigenvalue weighted by Gasteiger charge is -2.23. The van der Waals surface area contributed by atoms with Crippen LogP contribution < -0.4 is 5.32 Å².